The molecule has 0 saturated heterocycles. The largest absolute Gasteiger partial charge is 0.444 e. The fraction of sp³-hybridized carbons (Fsp3) is 0.571. The van der Waals surface area contributed by atoms with Gasteiger partial charge in [0, 0.05) is 19.0 Å². The molecule has 7 nitrogen and oxygen atoms in total. The van der Waals surface area contributed by atoms with Crippen LogP contribution in [0.1, 0.15) is 108 Å². The van der Waals surface area contributed by atoms with Gasteiger partial charge in [-0.2, -0.15) is 0 Å². The lowest BCUT2D eigenvalue weighted by molar-refractivity contribution is -0.142. The fourth-order valence-corrected chi connectivity index (χ4v) is 5.18. The van der Waals surface area contributed by atoms with Crippen molar-refractivity contribution in [1.29, 1.82) is 0 Å². The zero-order valence-corrected chi connectivity index (χ0v) is 27.1. The number of alkyl carbamates (subject to hydrolysis) is 1. The second kappa shape index (κ2) is 16.9. The van der Waals surface area contributed by atoms with Gasteiger partial charge < -0.3 is 20.3 Å². The van der Waals surface area contributed by atoms with Gasteiger partial charge in [-0.25, -0.2) is 4.79 Å². The van der Waals surface area contributed by atoms with Crippen LogP contribution in [0, 0.1) is 13.8 Å². The van der Waals surface area contributed by atoms with Gasteiger partial charge in [0.2, 0.25) is 11.8 Å². The summed E-state index contributed by atoms with van der Waals surface area (Å²) < 4.78 is 5.56. The Morgan fingerprint density at radius 1 is 0.833 bits per heavy atom. The molecule has 2 aromatic carbocycles. The lowest BCUT2D eigenvalue weighted by Gasteiger charge is -2.36. The third-order valence-electron chi connectivity index (χ3n) is 7.11. The molecule has 2 aromatic rings. The van der Waals surface area contributed by atoms with Gasteiger partial charge in [0.1, 0.15) is 17.7 Å². The van der Waals surface area contributed by atoms with Crippen molar-refractivity contribution in [1.82, 2.24) is 15.5 Å². The second-order valence-electron chi connectivity index (χ2n) is 12.6. The second-order valence-corrected chi connectivity index (χ2v) is 12.6. The normalized spacial score (nSPS) is 12.9. The van der Waals surface area contributed by atoms with Crippen LogP contribution in [-0.2, 0) is 20.7 Å². The topological polar surface area (TPSA) is 87.7 Å². The first-order valence-electron chi connectivity index (χ1n) is 15.5. The summed E-state index contributed by atoms with van der Waals surface area (Å²) >= 11 is 0. The van der Waals surface area contributed by atoms with Crippen molar-refractivity contribution in [3.63, 3.8) is 0 Å². The molecule has 2 rings (SSSR count). The molecule has 2 N–H and O–H groups in total. The van der Waals surface area contributed by atoms with Crippen LogP contribution in [0.15, 0.2) is 48.5 Å². The van der Waals surface area contributed by atoms with E-state index in [4.69, 9.17) is 4.74 Å². The van der Waals surface area contributed by atoms with Gasteiger partial charge in [0.15, 0.2) is 0 Å². The van der Waals surface area contributed by atoms with Gasteiger partial charge in [-0.15, -0.1) is 0 Å². The Bertz CT molecular complexity index is 1120. The minimum Gasteiger partial charge on any atom is -0.444 e. The number of nitrogens with zero attached hydrogens (tertiary/aromatic N) is 1. The van der Waals surface area contributed by atoms with E-state index < -0.39 is 23.8 Å². The van der Waals surface area contributed by atoms with E-state index in [-0.39, 0.29) is 24.3 Å². The molecule has 0 saturated carbocycles. The minimum absolute atomic E-state index is 0.102. The average Bonchev–Trinajstić information content (AvgIpc) is 2.89. The molecule has 0 fully saturated rings. The SMILES string of the molecule is CCCCCCCCN(C(=O)C(Cc1ccccc1)NC(=O)OC(C)(C)C)C(C(=O)NC(C)C)c1c(C)cccc1C. The molecule has 0 aliphatic rings. The number of carbonyl (C=O) groups excluding carboxylic acids is 3. The molecular weight excluding hydrogens is 526 g/mol. The first-order valence-corrected chi connectivity index (χ1v) is 15.5. The van der Waals surface area contributed by atoms with Crippen LogP contribution in [0.2, 0.25) is 0 Å². The summed E-state index contributed by atoms with van der Waals surface area (Å²) in [5.74, 6) is -0.526. The molecule has 0 spiro atoms. The van der Waals surface area contributed by atoms with Crippen molar-refractivity contribution in [3.05, 3.63) is 70.8 Å². The first-order chi connectivity index (χ1) is 19.8. The Morgan fingerprint density at radius 3 is 2.00 bits per heavy atom. The predicted molar refractivity (Wildman–Crippen MR) is 170 cm³/mol. The standard InChI is InChI=1S/C35H53N3O4/c1-9-10-11-12-13-17-23-38(31(32(39)36-25(2)3)30-26(4)19-18-20-27(30)5)33(40)29(24-28-21-15-14-16-22-28)37-34(41)42-35(6,7)8/h14-16,18-22,25,29,31H,9-13,17,23-24H2,1-8H3,(H,36,39)(H,37,41). The summed E-state index contributed by atoms with van der Waals surface area (Å²) in [7, 11) is 0. The molecule has 232 valence electrons. The van der Waals surface area contributed by atoms with E-state index in [9.17, 15) is 14.4 Å². The van der Waals surface area contributed by atoms with Crippen molar-refractivity contribution in [2.75, 3.05) is 6.54 Å². The Labute approximate surface area is 253 Å². The Morgan fingerprint density at radius 2 is 1.43 bits per heavy atom. The van der Waals surface area contributed by atoms with E-state index >= 15 is 0 Å². The number of aryl methyl sites for hydroxylation is 2. The molecule has 0 radical (unpaired) electrons. The highest BCUT2D eigenvalue weighted by Crippen LogP contribution is 2.30. The summed E-state index contributed by atoms with van der Waals surface area (Å²) in [5, 5.41) is 5.92. The third kappa shape index (κ3) is 11.5. The van der Waals surface area contributed by atoms with E-state index in [1.165, 1.54) is 6.42 Å². The molecule has 0 aliphatic heterocycles. The number of amides is 3. The van der Waals surface area contributed by atoms with Crippen LogP contribution >= 0.6 is 0 Å². The van der Waals surface area contributed by atoms with Crippen molar-refractivity contribution in [2.45, 2.75) is 124 Å². The van der Waals surface area contributed by atoms with Gasteiger partial charge >= 0.3 is 6.09 Å². The van der Waals surface area contributed by atoms with E-state index in [1.807, 2.05) is 76.2 Å². The van der Waals surface area contributed by atoms with Crippen LogP contribution in [0.25, 0.3) is 0 Å². The summed E-state index contributed by atoms with van der Waals surface area (Å²) in [5.41, 5.74) is 2.90. The maximum atomic E-state index is 14.6. The number of ether oxygens (including phenoxy) is 1. The number of unbranched alkanes of at least 4 members (excludes halogenated alkanes) is 5. The van der Waals surface area contributed by atoms with Crippen LogP contribution < -0.4 is 10.6 Å². The van der Waals surface area contributed by atoms with Gasteiger partial charge in [-0.1, -0.05) is 87.6 Å². The Balaban J connectivity index is 2.57. The van der Waals surface area contributed by atoms with Crippen LogP contribution in [0.4, 0.5) is 4.79 Å². The van der Waals surface area contributed by atoms with Crippen molar-refractivity contribution in [3.8, 4) is 0 Å². The molecule has 42 heavy (non-hydrogen) atoms. The number of carbonyl (C=O) groups is 3. The maximum Gasteiger partial charge on any atom is 0.408 e. The Kier molecular flexibility index (Phi) is 14.1. The predicted octanol–water partition coefficient (Wildman–Crippen LogP) is 7.19. The number of benzene rings is 2. The molecule has 2 unspecified atom stereocenters. The zero-order chi connectivity index (χ0) is 31.3. The quantitative estimate of drug-likeness (QED) is 0.219. The van der Waals surface area contributed by atoms with Crippen LogP contribution in [-0.4, -0.2) is 47.0 Å². The fourth-order valence-electron chi connectivity index (χ4n) is 5.18. The minimum atomic E-state index is -0.916. The van der Waals surface area contributed by atoms with Crippen molar-refractivity contribution < 1.29 is 19.1 Å². The lowest BCUT2D eigenvalue weighted by Crippen LogP contribution is -2.54. The lowest BCUT2D eigenvalue weighted by atomic mass is 9.92. The third-order valence-corrected chi connectivity index (χ3v) is 7.11. The van der Waals surface area contributed by atoms with Crippen LogP contribution in [0.5, 0.6) is 0 Å². The van der Waals surface area contributed by atoms with E-state index in [0.29, 0.717) is 6.54 Å². The van der Waals surface area contributed by atoms with Gasteiger partial charge in [0.25, 0.3) is 0 Å². The smallest absolute Gasteiger partial charge is 0.408 e. The summed E-state index contributed by atoms with van der Waals surface area (Å²) in [6.07, 6.45) is 5.90. The number of hydrogen-bond donors (Lipinski definition) is 2. The number of rotatable bonds is 15. The van der Waals surface area contributed by atoms with Gasteiger partial charge in [-0.3, -0.25) is 9.59 Å². The van der Waals surface area contributed by atoms with Gasteiger partial charge in [0.05, 0.1) is 0 Å². The highest BCUT2D eigenvalue weighted by atomic mass is 16.6. The molecule has 0 aromatic heterocycles. The van der Waals surface area contributed by atoms with Crippen LogP contribution in [0.3, 0.4) is 0 Å². The maximum absolute atomic E-state index is 14.6. The van der Waals surface area contributed by atoms with Gasteiger partial charge in [-0.05, 0) is 77.1 Å². The molecule has 0 bridgehead atoms. The van der Waals surface area contributed by atoms with E-state index in [2.05, 4.69) is 17.6 Å². The number of nitrogens with one attached hydrogen (secondary N) is 2. The van der Waals surface area contributed by atoms with E-state index in [0.717, 1.165) is 54.4 Å². The zero-order valence-electron chi connectivity index (χ0n) is 27.1. The number of hydrogen-bond acceptors (Lipinski definition) is 4. The van der Waals surface area contributed by atoms with Crippen molar-refractivity contribution in [2.24, 2.45) is 0 Å². The first kappa shape index (κ1) is 34.8. The molecule has 0 heterocycles. The molecule has 2 atom stereocenters. The molecule has 7 heteroatoms. The molecule has 3 amide bonds. The highest BCUT2D eigenvalue weighted by molar-refractivity contribution is 5.92. The average molecular weight is 580 g/mol. The monoisotopic (exact) mass is 579 g/mol. The summed E-state index contributed by atoms with van der Waals surface area (Å²) in [6.45, 7) is 15.8. The molecular formula is C35H53N3O4. The van der Waals surface area contributed by atoms with E-state index in [1.54, 1.807) is 25.7 Å². The summed E-state index contributed by atoms with van der Waals surface area (Å²) in [4.78, 5) is 43.3. The molecule has 0 aliphatic carbocycles. The summed E-state index contributed by atoms with van der Waals surface area (Å²) in [6, 6.07) is 13.7. The Hall–Kier alpha value is -3.35. The van der Waals surface area contributed by atoms with Crippen molar-refractivity contribution >= 4 is 17.9 Å². The highest BCUT2D eigenvalue weighted by Gasteiger charge is 2.37.